The molecule has 29 heavy (non-hydrogen) atoms. The summed E-state index contributed by atoms with van der Waals surface area (Å²) in [5.41, 5.74) is 2.45. The number of hydrogen-bond acceptors (Lipinski definition) is 7. The van der Waals surface area contributed by atoms with Crippen LogP contribution in [0.25, 0.3) is 0 Å². The second-order valence-corrected chi connectivity index (χ2v) is 9.11. The lowest BCUT2D eigenvalue weighted by molar-refractivity contribution is -0.136. The van der Waals surface area contributed by atoms with Crippen LogP contribution in [-0.4, -0.2) is 60.8 Å². The van der Waals surface area contributed by atoms with Gasteiger partial charge in [-0.2, -0.15) is 0 Å². The Balaban J connectivity index is 1.32. The molecule has 4 atom stereocenters. The lowest BCUT2D eigenvalue weighted by atomic mass is 10.0. The van der Waals surface area contributed by atoms with E-state index in [1.807, 2.05) is 12.1 Å². The van der Waals surface area contributed by atoms with Crippen LogP contribution in [0, 0.1) is 9.49 Å². The van der Waals surface area contributed by atoms with Gasteiger partial charge in [0, 0.05) is 40.7 Å². The number of amides is 3. The third-order valence-corrected chi connectivity index (χ3v) is 6.90. The molecule has 4 aliphatic rings. The fourth-order valence-electron chi connectivity index (χ4n) is 4.53. The fraction of sp³-hybridized carbons (Fsp3) is 0.526. The summed E-state index contributed by atoms with van der Waals surface area (Å²) in [7, 11) is 0. The predicted molar refractivity (Wildman–Crippen MR) is 112 cm³/mol. The van der Waals surface area contributed by atoms with Crippen LogP contribution in [0.15, 0.2) is 12.1 Å². The number of fused-ring (bicyclic) bond motifs is 2. The Kier molecular flexibility index (Phi) is 4.96. The molecule has 0 radical (unpaired) electrons. The predicted octanol–water partition coefficient (Wildman–Crippen LogP) is -0.0445. The summed E-state index contributed by atoms with van der Waals surface area (Å²) in [6, 6.07) is 3.67. The molecular formula is C19H22IN5O4. The van der Waals surface area contributed by atoms with Crippen molar-refractivity contribution in [3.8, 4) is 0 Å². The van der Waals surface area contributed by atoms with Gasteiger partial charge in [-0.05, 0) is 46.7 Å². The maximum Gasteiger partial charge on any atom is 0.256 e. The molecular weight excluding hydrogens is 489 g/mol. The van der Waals surface area contributed by atoms with Crippen LogP contribution in [0.3, 0.4) is 0 Å². The number of anilines is 1. The number of piperidine rings is 1. The molecule has 1 aromatic rings. The molecule has 154 valence electrons. The number of benzene rings is 1. The SMILES string of the molecule is O=C1CCC(N2Cc3cc(NC4NCC5COCC5N4)cc(I)c3C2=O)C(=O)N1. The van der Waals surface area contributed by atoms with Crippen molar-refractivity contribution in [1.29, 1.82) is 0 Å². The summed E-state index contributed by atoms with van der Waals surface area (Å²) in [6.07, 6.45) is 0.549. The van der Waals surface area contributed by atoms with E-state index in [0.717, 1.165) is 34.6 Å². The summed E-state index contributed by atoms with van der Waals surface area (Å²) in [5.74, 6) is -0.322. The summed E-state index contributed by atoms with van der Waals surface area (Å²) in [5, 5.41) is 12.7. The van der Waals surface area contributed by atoms with Crippen molar-refractivity contribution in [3.05, 3.63) is 26.8 Å². The molecule has 4 unspecified atom stereocenters. The van der Waals surface area contributed by atoms with E-state index in [2.05, 4.69) is 43.9 Å². The van der Waals surface area contributed by atoms with E-state index in [1.54, 1.807) is 4.90 Å². The lowest BCUT2D eigenvalue weighted by Crippen LogP contribution is -2.61. The van der Waals surface area contributed by atoms with E-state index < -0.39 is 6.04 Å². The van der Waals surface area contributed by atoms with Crippen LogP contribution < -0.4 is 21.3 Å². The van der Waals surface area contributed by atoms with Crippen molar-refractivity contribution in [2.24, 2.45) is 5.92 Å². The van der Waals surface area contributed by atoms with Crippen molar-refractivity contribution in [1.82, 2.24) is 20.9 Å². The Morgan fingerprint density at radius 1 is 1.21 bits per heavy atom. The van der Waals surface area contributed by atoms with E-state index in [9.17, 15) is 14.4 Å². The second kappa shape index (κ2) is 7.49. The minimum atomic E-state index is -0.596. The third kappa shape index (κ3) is 3.51. The van der Waals surface area contributed by atoms with Crippen LogP contribution in [0.1, 0.15) is 28.8 Å². The highest BCUT2D eigenvalue weighted by atomic mass is 127. The van der Waals surface area contributed by atoms with E-state index in [-0.39, 0.29) is 30.4 Å². The Morgan fingerprint density at radius 3 is 2.90 bits per heavy atom. The Bertz CT molecular complexity index is 894. The standard InChI is InChI=1S/C19H22IN5O4/c20-12-4-11(22-19-21-5-10-7-29-8-13(10)23-19)3-9-6-25(18(28)16(9)12)14-1-2-15(26)24-17(14)27/h3-4,10,13-14,19,21-23H,1-2,5-8H2,(H,24,26,27). The van der Waals surface area contributed by atoms with Crippen LogP contribution in [0.5, 0.6) is 0 Å². The molecule has 4 heterocycles. The first-order valence-electron chi connectivity index (χ1n) is 9.80. The number of imide groups is 1. The Labute approximate surface area is 181 Å². The van der Waals surface area contributed by atoms with Crippen molar-refractivity contribution in [2.75, 3.05) is 25.1 Å². The highest BCUT2D eigenvalue weighted by Gasteiger charge is 2.40. The summed E-state index contributed by atoms with van der Waals surface area (Å²) < 4.78 is 6.39. The number of carbonyl (C=O) groups excluding carboxylic acids is 3. The number of nitrogens with zero attached hydrogens (tertiary/aromatic N) is 1. The topological polar surface area (TPSA) is 112 Å². The monoisotopic (exact) mass is 511 g/mol. The second-order valence-electron chi connectivity index (χ2n) is 7.95. The normalized spacial score (nSPS) is 31.5. The van der Waals surface area contributed by atoms with E-state index in [0.29, 0.717) is 30.5 Å². The first kappa shape index (κ1) is 19.2. The number of hydrogen-bond donors (Lipinski definition) is 4. The average Bonchev–Trinajstić information content (AvgIpc) is 3.26. The maximum absolute atomic E-state index is 13.0. The van der Waals surface area contributed by atoms with Crippen LogP contribution in [0.4, 0.5) is 5.69 Å². The van der Waals surface area contributed by atoms with Gasteiger partial charge in [-0.15, -0.1) is 0 Å². The molecule has 5 rings (SSSR count). The van der Waals surface area contributed by atoms with Crippen LogP contribution in [0.2, 0.25) is 0 Å². The van der Waals surface area contributed by atoms with Crippen LogP contribution >= 0.6 is 22.6 Å². The smallest absolute Gasteiger partial charge is 0.256 e. The first-order valence-corrected chi connectivity index (χ1v) is 10.9. The average molecular weight is 511 g/mol. The van der Waals surface area contributed by atoms with Crippen molar-refractivity contribution in [2.45, 2.75) is 37.8 Å². The van der Waals surface area contributed by atoms with Gasteiger partial charge in [0.2, 0.25) is 11.8 Å². The van der Waals surface area contributed by atoms with Crippen molar-refractivity contribution < 1.29 is 19.1 Å². The van der Waals surface area contributed by atoms with E-state index in [1.165, 1.54) is 0 Å². The zero-order valence-electron chi connectivity index (χ0n) is 15.7. The first-order chi connectivity index (χ1) is 14.0. The highest BCUT2D eigenvalue weighted by Crippen LogP contribution is 2.33. The molecule has 0 aromatic heterocycles. The molecule has 3 saturated heterocycles. The largest absolute Gasteiger partial charge is 0.379 e. The third-order valence-electron chi connectivity index (χ3n) is 6.05. The van der Waals surface area contributed by atoms with Gasteiger partial charge in [0.05, 0.1) is 18.8 Å². The summed E-state index contributed by atoms with van der Waals surface area (Å²) in [6.45, 7) is 2.77. The van der Waals surface area contributed by atoms with Gasteiger partial charge in [-0.25, -0.2) is 0 Å². The Hall–Kier alpha value is -1.76. The number of nitrogens with one attached hydrogen (secondary N) is 4. The van der Waals surface area contributed by atoms with Gasteiger partial charge in [-0.1, -0.05) is 0 Å². The molecule has 3 fully saturated rings. The molecule has 4 N–H and O–H groups in total. The van der Waals surface area contributed by atoms with E-state index in [4.69, 9.17) is 4.74 Å². The highest BCUT2D eigenvalue weighted by molar-refractivity contribution is 14.1. The van der Waals surface area contributed by atoms with Gasteiger partial charge in [0.25, 0.3) is 5.91 Å². The zero-order valence-corrected chi connectivity index (χ0v) is 17.8. The van der Waals surface area contributed by atoms with Gasteiger partial charge in [-0.3, -0.25) is 30.3 Å². The zero-order chi connectivity index (χ0) is 20.1. The molecule has 0 spiro atoms. The van der Waals surface area contributed by atoms with Gasteiger partial charge >= 0.3 is 0 Å². The summed E-state index contributed by atoms with van der Waals surface area (Å²) >= 11 is 2.17. The van der Waals surface area contributed by atoms with Crippen molar-refractivity contribution >= 4 is 46.0 Å². The molecule has 0 saturated carbocycles. The van der Waals surface area contributed by atoms with Gasteiger partial charge in [0.1, 0.15) is 12.3 Å². The number of ether oxygens (including phenoxy) is 1. The van der Waals surface area contributed by atoms with Crippen LogP contribution in [-0.2, 0) is 20.9 Å². The lowest BCUT2D eigenvalue weighted by Gasteiger charge is -2.34. The molecule has 4 aliphatic heterocycles. The fourth-order valence-corrected chi connectivity index (χ4v) is 5.44. The molecule has 0 aliphatic carbocycles. The van der Waals surface area contributed by atoms with E-state index >= 15 is 0 Å². The molecule has 3 amide bonds. The quantitative estimate of drug-likeness (QED) is 0.333. The Morgan fingerprint density at radius 2 is 2.07 bits per heavy atom. The number of rotatable bonds is 3. The summed E-state index contributed by atoms with van der Waals surface area (Å²) in [4.78, 5) is 38.2. The molecule has 0 bridgehead atoms. The number of carbonyl (C=O) groups is 3. The molecule has 10 heteroatoms. The van der Waals surface area contributed by atoms with Gasteiger partial charge < -0.3 is 15.0 Å². The maximum atomic E-state index is 13.0. The minimum Gasteiger partial charge on any atom is -0.379 e. The van der Waals surface area contributed by atoms with Crippen molar-refractivity contribution in [3.63, 3.8) is 0 Å². The van der Waals surface area contributed by atoms with Gasteiger partial charge in [0.15, 0.2) is 0 Å². The number of halogens is 1. The molecule has 9 nitrogen and oxygen atoms in total. The molecule has 1 aromatic carbocycles. The minimum absolute atomic E-state index is 0.0739.